The number of halogens is 2. The van der Waals surface area contributed by atoms with Gasteiger partial charge in [-0.15, -0.1) is 0 Å². The minimum atomic E-state index is -3.23. The molecule has 6 heteroatoms. The molecule has 0 bridgehead atoms. The van der Waals surface area contributed by atoms with E-state index in [-0.39, 0.29) is 17.9 Å². The molecule has 1 N–H and O–H groups in total. The topological polar surface area (TPSA) is 54.4 Å². The molecule has 0 aromatic heterocycles. The summed E-state index contributed by atoms with van der Waals surface area (Å²) in [7, 11) is -3.23. The van der Waals surface area contributed by atoms with E-state index in [2.05, 4.69) is 0 Å². The van der Waals surface area contributed by atoms with Gasteiger partial charge in [-0.05, 0) is 13.3 Å². The Hall–Kier alpha value is -0.230. The number of rotatable bonds is 2. The van der Waals surface area contributed by atoms with Crippen LogP contribution in [0.25, 0.3) is 0 Å². The number of aliphatic hydroxyl groups excluding tert-OH is 1. The van der Waals surface area contributed by atoms with Crippen molar-refractivity contribution in [2.45, 2.75) is 31.8 Å². The molecular formula is C8H14F2O3S. The van der Waals surface area contributed by atoms with Crippen molar-refractivity contribution in [3.05, 3.63) is 0 Å². The van der Waals surface area contributed by atoms with Crippen LogP contribution in [-0.4, -0.2) is 37.1 Å². The van der Waals surface area contributed by atoms with Crippen LogP contribution < -0.4 is 0 Å². The number of alkyl halides is 2. The zero-order valence-electron chi connectivity index (χ0n) is 7.91. The first-order chi connectivity index (χ1) is 6.20. The standard InChI is InChI=1S/C8H14F2O3S/c1-8(9,10)4-6-5-14(12,13)3-2-7(6)11/h6-7,11H,2-5H2,1H3. The number of aliphatic hydroxyl groups is 1. The van der Waals surface area contributed by atoms with Gasteiger partial charge in [-0.1, -0.05) is 0 Å². The summed E-state index contributed by atoms with van der Waals surface area (Å²) in [6.07, 6.45) is -1.40. The highest BCUT2D eigenvalue weighted by Crippen LogP contribution is 2.29. The molecule has 1 saturated heterocycles. The summed E-state index contributed by atoms with van der Waals surface area (Å²) in [6, 6.07) is 0. The van der Waals surface area contributed by atoms with Crippen LogP contribution in [0.4, 0.5) is 8.78 Å². The molecule has 0 aliphatic carbocycles. The van der Waals surface area contributed by atoms with Gasteiger partial charge in [0.25, 0.3) is 0 Å². The first kappa shape index (κ1) is 11.8. The van der Waals surface area contributed by atoms with E-state index in [1.165, 1.54) is 0 Å². The number of sulfone groups is 1. The number of hydrogen-bond donors (Lipinski definition) is 1. The van der Waals surface area contributed by atoms with Crippen LogP contribution >= 0.6 is 0 Å². The monoisotopic (exact) mass is 228 g/mol. The van der Waals surface area contributed by atoms with Crippen LogP contribution in [-0.2, 0) is 9.84 Å². The summed E-state index contributed by atoms with van der Waals surface area (Å²) in [5.74, 6) is -4.16. The SMILES string of the molecule is CC(F)(F)CC1CS(=O)(=O)CCC1O. The molecule has 0 amide bonds. The molecule has 0 aromatic carbocycles. The van der Waals surface area contributed by atoms with Crippen molar-refractivity contribution >= 4 is 9.84 Å². The van der Waals surface area contributed by atoms with Crippen LogP contribution in [0.3, 0.4) is 0 Å². The van der Waals surface area contributed by atoms with E-state index in [0.29, 0.717) is 0 Å². The quantitative estimate of drug-likeness (QED) is 0.761. The van der Waals surface area contributed by atoms with Gasteiger partial charge in [-0.25, -0.2) is 17.2 Å². The Bertz CT molecular complexity index is 294. The Morgan fingerprint density at radius 1 is 1.50 bits per heavy atom. The maximum Gasteiger partial charge on any atom is 0.245 e. The van der Waals surface area contributed by atoms with E-state index in [0.717, 1.165) is 6.92 Å². The molecule has 0 radical (unpaired) electrons. The van der Waals surface area contributed by atoms with Gasteiger partial charge in [0.1, 0.15) is 0 Å². The van der Waals surface area contributed by atoms with E-state index in [9.17, 15) is 22.3 Å². The molecule has 84 valence electrons. The predicted octanol–water partition coefficient (Wildman–Crippen LogP) is 0.827. The van der Waals surface area contributed by atoms with E-state index in [1.54, 1.807) is 0 Å². The average molecular weight is 228 g/mol. The van der Waals surface area contributed by atoms with Gasteiger partial charge in [0, 0.05) is 12.3 Å². The molecular weight excluding hydrogens is 214 g/mol. The van der Waals surface area contributed by atoms with E-state index in [4.69, 9.17) is 0 Å². The van der Waals surface area contributed by atoms with Crippen molar-refractivity contribution in [1.82, 2.24) is 0 Å². The third-order valence-electron chi connectivity index (χ3n) is 2.36. The Morgan fingerprint density at radius 2 is 2.07 bits per heavy atom. The lowest BCUT2D eigenvalue weighted by Crippen LogP contribution is -2.39. The van der Waals surface area contributed by atoms with Gasteiger partial charge in [-0.2, -0.15) is 0 Å². The van der Waals surface area contributed by atoms with Gasteiger partial charge in [0.15, 0.2) is 9.84 Å². The maximum atomic E-state index is 12.6. The molecule has 14 heavy (non-hydrogen) atoms. The van der Waals surface area contributed by atoms with Crippen LogP contribution in [0.5, 0.6) is 0 Å². The second-order valence-corrected chi connectivity index (χ2v) is 6.23. The molecule has 0 aromatic rings. The molecule has 1 aliphatic heterocycles. The van der Waals surface area contributed by atoms with E-state index >= 15 is 0 Å². The largest absolute Gasteiger partial charge is 0.393 e. The van der Waals surface area contributed by atoms with Crippen LogP contribution in [0.15, 0.2) is 0 Å². The summed E-state index contributed by atoms with van der Waals surface area (Å²) >= 11 is 0. The summed E-state index contributed by atoms with van der Waals surface area (Å²) < 4.78 is 47.5. The fourth-order valence-electron chi connectivity index (χ4n) is 1.71. The number of hydrogen-bond acceptors (Lipinski definition) is 3. The smallest absolute Gasteiger partial charge is 0.245 e. The third-order valence-corrected chi connectivity index (χ3v) is 4.15. The molecule has 1 fully saturated rings. The molecule has 0 saturated carbocycles. The minimum Gasteiger partial charge on any atom is -0.393 e. The molecule has 1 aliphatic rings. The lowest BCUT2D eigenvalue weighted by Gasteiger charge is -2.29. The fourth-order valence-corrected chi connectivity index (χ4v) is 3.47. The highest BCUT2D eigenvalue weighted by Gasteiger charge is 2.37. The molecule has 2 atom stereocenters. The molecule has 3 nitrogen and oxygen atoms in total. The van der Waals surface area contributed by atoms with Crippen molar-refractivity contribution in [3.63, 3.8) is 0 Å². The van der Waals surface area contributed by atoms with E-state index < -0.39 is 34.2 Å². The van der Waals surface area contributed by atoms with Gasteiger partial charge in [0.2, 0.25) is 5.92 Å². The van der Waals surface area contributed by atoms with Crippen LogP contribution in [0, 0.1) is 5.92 Å². The fraction of sp³-hybridized carbons (Fsp3) is 1.00. The second-order valence-electron chi connectivity index (χ2n) is 4.00. The second kappa shape index (κ2) is 3.73. The van der Waals surface area contributed by atoms with Gasteiger partial charge >= 0.3 is 0 Å². The van der Waals surface area contributed by atoms with Crippen molar-refractivity contribution in [3.8, 4) is 0 Å². The minimum absolute atomic E-state index is 0.0725. The maximum absolute atomic E-state index is 12.6. The van der Waals surface area contributed by atoms with Crippen molar-refractivity contribution in [2.24, 2.45) is 5.92 Å². The molecule has 2 unspecified atom stereocenters. The van der Waals surface area contributed by atoms with Crippen molar-refractivity contribution < 1.29 is 22.3 Å². The zero-order valence-corrected chi connectivity index (χ0v) is 8.73. The first-order valence-electron chi connectivity index (χ1n) is 4.46. The normalized spacial score (nSPS) is 32.9. The Morgan fingerprint density at radius 3 is 2.57 bits per heavy atom. The average Bonchev–Trinajstić information content (AvgIpc) is 1.93. The summed E-state index contributed by atoms with van der Waals surface area (Å²) in [6.45, 7) is 0.737. The molecule has 0 spiro atoms. The highest BCUT2D eigenvalue weighted by molar-refractivity contribution is 7.91. The summed E-state index contributed by atoms with van der Waals surface area (Å²) in [5.41, 5.74) is 0. The van der Waals surface area contributed by atoms with Crippen molar-refractivity contribution in [2.75, 3.05) is 11.5 Å². The van der Waals surface area contributed by atoms with Crippen molar-refractivity contribution in [1.29, 1.82) is 0 Å². The van der Waals surface area contributed by atoms with Gasteiger partial charge in [-0.3, -0.25) is 0 Å². The third kappa shape index (κ3) is 3.49. The summed E-state index contributed by atoms with van der Waals surface area (Å²) in [4.78, 5) is 0. The zero-order chi connectivity index (χ0) is 11.0. The summed E-state index contributed by atoms with van der Waals surface area (Å²) in [5, 5.41) is 9.37. The van der Waals surface area contributed by atoms with Gasteiger partial charge in [0.05, 0.1) is 17.6 Å². The molecule has 1 heterocycles. The predicted molar refractivity (Wildman–Crippen MR) is 48.0 cm³/mol. The lowest BCUT2D eigenvalue weighted by atomic mass is 9.95. The van der Waals surface area contributed by atoms with Gasteiger partial charge < -0.3 is 5.11 Å². The van der Waals surface area contributed by atoms with Crippen LogP contribution in [0.1, 0.15) is 19.8 Å². The highest BCUT2D eigenvalue weighted by atomic mass is 32.2. The Kier molecular flexibility index (Phi) is 3.16. The lowest BCUT2D eigenvalue weighted by molar-refractivity contribution is -0.0253. The first-order valence-corrected chi connectivity index (χ1v) is 6.28. The van der Waals surface area contributed by atoms with Crippen LogP contribution in [0.2, 0.25) is 0 Å². The Labute approximate surface area is 82.0 Å². The van der Waals surface area contributed by atoms with E-state index in [1.807, 2.05) is 0 Å². The molecule has 1 rings (SSSR count). The Balaban J connectivity index is 2.67.